The Morgan fingerprint density at radius 3 is 1.96 bits per heavy atom. The minimum atomic E-state index is -2.09. The second kappa shape index (κ2) is 10.7. The number of carbonyl (C=O) groups is 5. The lowest BCUT2D eigenvalue weighted by atomic mass is 10.1. The SMILES string of the molecule is COC(=O)[C@H](Cc1ccccc1)NC(=O)[C@H](OC(C)=O)[C@@H](OC(C)=O)C(=O)O. The van der Waals surface area contributed by atoms with Crippen LogP contribution in [0.5, 0.6) is 0 Å². The Morgan fingerprint density at radius 2 is 1.50 bits per heavy atom. The van der Waals surface area contributed by atoms with Crippen LogP contribution >= 0.6 is 0 Å². The van der Waals surface area contributed by atoms with Gasteiger partial charge in [-0.25, -0.2) is 9.59 Å². The van der Waals surface area contributed by atoms with Crippen LogP contribution in [0.3, 0.4) is 0 Å². The summed E-state index contributed by atoms with van der Waals surface area (Å²) in [5.41, 5.74) is 0.692. The first kappa shape index (κ1) is 22.6. The highest BCUT2D eigenvalue weighted by atomic mass is 16.6. The maximum Gasteiger partial charge on any atom is 0.349 e. The molecule has 0 bridgehead atoms. The lowest BCUT2D eigenvalue weighted by Gasteiger charge is -2.24. The molecule has 1 amide bonds. The second-order valence-corrected chi connectivity index (χ2v) is 5.67. The van der Waals surface area contributed by atoms with Crippen LogP contribution < -0.4 is 5.32 Å². The molecule has 0 aliphatic rings. The second-order valence-electron chi connectivity index (χ2n) is 5.67. The molecule has 0 radical (unpaired) electrons. The van der Waals surface area contributed by atoms with Crippen molar-refractivity contribution in [2.24, 2.45) is 0 Å². The lowest BCUT2D eigenvalue weighted by molar-refractivity contribution is -0.181. The van der Waals surface area contributed by atoms with E-state index in [1.165, 1.54) is 0 Å². The van der Waals surface area contributed by atoms with Gasteiger partial charge in [0.1, 0.15) is 6.04 Å². The highest BCUT2D eigenvalue weighted by Crippen LogP contribution is 2.10. The number of methoxy groups -OCH3 is 1. The number of ether oxygens (including phenoxy) is 3. The van der Waals surface area contributed by atoms with Crippen molar-refractivity contribution in [3.63, 3.8) is 0 Å². The summed E-state index contributed by atoms with van der Waals surface area (Å²) in [6.45, 7) is 1.89. The average Bonchev–Trinajstić information content (AvgIpc) is 2.63. The number of hydrogen-bond donors (Lipinski definition) is 2. The van der Waals surface area contributed by atoms with Crippen LogP contribution in [-0.2, 0) is 44.6 Å². The molecule has 0 fully saturated rings. The zero-order valence-electron chi connectivity index (χ0n) is 15.5. The Hall–Kier alpha value is -3.43. The molecule has 0 spiro atoms. The van der Waals surface area contributed by atoms with Gasteiger partial charge in [-0.1, -0.05) is 30.3 Å². The Labute approximate surface area is 160 Å². The zero-order chi connectivity index (χ0) is 21.3. The number of hydrogen-bond acceptors (Lipinski definition) is 8. The minimum absolute atomic E-state index is 0.0390. The van der Waals surface area contributed by atoms with E-state index >= 15 is 0 Å². The van der Waals surface area contributed by atoms with E-state index in [9.17, 15) is 29.1 Å². The van der Waals surface area contributed by atoms with Gasteiger partial charge in [0, 0.05) is 20.3 Å². The summed E-state index contributed by atoms with van der Waals surface area (Å²) < 4.78 is 14.0. The van der Waals surface area contributed by atoms with E-state index in [1.54, 1.807) is 30.3 Å². The van der Waals surface area contributed by atoms with Gasteiger partial charge in [0.2, 0.25) is 12.2 Å². The van der Waals surface area contributed by atoms with Gasteiger partial charge in [-0.05, 0) is 5.56 Å². The summed E-state index contributed by atoms with van der Waals surface area (Å²) in [4.78, 5) is 58.5. The third kappa shape index (κ3) is 7.06. The predicted molar refractivity (Wildman–Crippen MR) is 92.8 cm³/mol. The highest BCUT2D eigenvalue weighted by Gasteiger charge is 2.40. The molecule has 0 aromatic heterocycles. The molecule has 0 aliphatic heterocycles. The van der Waals surface area contributed by atoms with Gasteiger partial charge in [0.15, 0.2) is 0 Å². The van der Waals surface area contributed by atoms with Gasteiger partial charge < -0.3 is 24.6 Å². The summed E-state index contributed by atoms with van der Waals surface area (Å²) in [5, 5.41) is 11.5. The molecule has 0 aliphatic carbocycles. The van der Waals surface area contributed by atoms with Crippen LogP contribution in [0.25, 0.3) is 0 Å². The average molecular weight is 395 g/mol. The van der Waals surface area contributed by atoms with Crippen LogP contribution in [-0.4, -0.2) is 60.3 Å². The van der Waals surface area contributed by atoms with Gasteiger partial charge in [-0.15, -0.1) is 0 Å². The fraction of sp³-hybridized carbons (Fsp3) is 0.389. The van der Waals surface area contributed by atoms with E-state index in [2.05, 4.69) is 14.8 Å². The van der Waals surface area contributed by atoms with Gasteiger partial charge in [0.05, 0.1) is 7.11 Å². The molecule has 1 rings (SSSR count). The summed E-state index contributed by atoms with van der Waals surface area (Å²) >= 11 is 0. The molecule has 2 N–H and O–H groups in total. The smallest absolute Gasteiger partial charge is 0.349 e. The van der Waals surface area contributed by atoms with Crippen LogP contribution in [0.4, 0.5) is 0 Å². The van der Waals surface area contributed by atoms with E-state index in [1.807, 2.05) is 0 Å². The molecule has 10 heteroatoms. The molecule has 3 atom stereocenters. The summed E-state index contributed by atoms with van der Waals surface area (Å²) in [6.07, 6.45) is -4.05. The largest absolute Gasteiger partial charge is 0.478 e. The summed E-state index contributed by atoms with van der Waals surface area (Å²) in [6, 6.07) is 7.46. The molecule has 0 saturated carbocycles. The number of rotatable bonds is 9. The topological polar surface area (TPSA) is 145 Å². The van der Waals surface area contributed by atoms with Crippen molar-refractivity contribution in [3.05, 3.63) is 35.9 Å². The van der Waals surface area contributed by atoms with Crippen LogP contribution in [0.2, 0.25) is 0 Å². The molecule has 0 heterocycles. The van der Waals surface area contributed by atoms with Gasteiger partial charge in [0.25, 0.3) is 5.91 Å². The monoisotopic (exact) mass is 395 g/mol. The normalized spacial score (nSPS) is 13.4. The number of nitrogens with one attached hydrogen (secondary N) is 1. The van der Waals surface area contributed by atoms with Crippen molar-refractivity contribution >= 4 is 29.8 Å². The first-order valence-electron chi connectivity index (χ1n) is 8.15. The molecular formula is C18H21NO9. The molecule has 1 aromatic carbocycles. The van der Waals surface area contributed by atoms with Crippen molar-refractivity contribution in [2.75, 3.05) is 7.11 Å². The van der Waals surface area contributed by atoms with Crippen molar-refractivity contribution in [2.45, 2.75) is 38.5 Å². The Bertz CT molecular complexity index is 732. The van der Waals surface area contributed by atoms with Crippen molar-refractivity contribution in [3.8, 4) is 0 Å². The van der Waals surface area contributed by atoms with Crippen LogP contribution in [0.15, 0.2) is 30.3 Å². The van der Waals surface area contributed by atoms with Crippen LogP contribution in [0.1, 0.15) is 19.4 Å². The standard InChI is InChI=1S/C18H21NO9/c1-10(20)27-14(15(17(23)24)28-11(2)21)16(22)19-13(18(25)26-3)9-12-7-5-4-6-8-12/h4-8,13-15H,9H2,1-3H3,(H,19,22)(H,23,24)/t13-,14+,15+/m0/s1. The van der Waals surface area contributed by atoms with Crippen molar-refractivity contribution in [1.82, 2.24) is 5.32 Å². The van der Waals surface area contributed by atoms with Gasteiger partial charge in [-0.3, -0.25) is 14.4 Å². The third-order valence-electron chi connectivity index (χ3n) is 3.45. The predicted octanol–water partition coefficient (Wildman–Crippen LogP) is -0.165. The number of esters is 3. The van der Waals surface area contributed by atoms with Crippen molar-refractivity contribution < 1.29 is 43.3 Å². The molecule has 152 valence electrons. The number of amides is 1. The molecular weight excluding hydrogens is 374 g/mol. The number of benzene rings is 1. The number of carboxylic acid groups (broad SMARTS) is 1. The first-order valence-corrected chi connectivity index (χ1v) is 8.15. The molecule has 1 aromatic rings. The number of carboxylic acids is 1. The zero-order valence-corrected chi connectivity index (χ0v) is 15.5. The Kier molecular flexibility index (Phi) is 8.60. The maximum absolute atomic E-state index is 12.6. The molecule has 0 unspecified atom stereocenters. The van der Waals surface area contributed by atoms with Crippen LogP contribution in [0, 0.1) is 0 Å². The van der Waals surface area contributed by atoms with Crippen molar-refractivity contribution in [1.29, 1.82) is 0 Å². The fourth-order valence-electron chi connectivity index (χ4n) is 2.29. The summed E-state index contributed by atoms with van der Waals surface area (Å²) in [7, 11) is 1.12. The Morgan fingerprint density at radius 1 is 0.964 bits per heavy atom. The maximum atomic E-state index is 12.6. The van der Waals surface area contributed by atoms with E-state index in [-0.39, 0.29) is 6.42 Å². The quantitative estimate of drug-likeness (QED) is 0.430. The first-order chi connectivity index (χ1) is 13.1. The van der Waals surface area contributed by atoms with E-state index in [4.69, 9.17) is 4.74 Å². The van der Waals surface area contributed by atoms with Gasteiger partial charge in [-0.2, -0.15) is 0 Å². The molecule has 0 saturated heterocycles. The molecule has 10 nitrogen and oxygen atoms in total. The number of aliphatic carboxylic acids is 1. The summed E-state index contributed by atoms with van der Waals surface area (Å²) in [5.74, 6) is -5.59. The lowest BCUT2D eigenvalue weighted by Crippen LogP contribution is -2.54. The molecule has 28 heavy (non-hydrogen) atoms. The highest BCUT2D eigenvalue weighted by molar-refractivity contribution is 5.93. The fourth-order valence-corrected chi connectivity index (χ4v) is 2.29. The van der Waals surface area contributed by atoms with E-state index in [0.29, 0.717) is 5.56 Å². The number of carbonyl (C=O) groups excluding carboxylic acids is 4. The third-order valence-corrected chi connectivity index (χ3v) is 3.45. The van der Waals surface area contributed by atoms with Gasteiger partial charge >= 0.3 is 23.9 Å². The minimum Gasteiger partial charge on any atom is -0.478 e. The Balaban J connectivity index is 3.09. The van der Waals surface area contributed by atoms with E-state index in [0.717, 1.165) is 21.0 Å². The van der Waals surface area contributed by atoms with E-state index < -0.39 is 48.0 Å².